The predicted octanol–water partition coefficient (Wildman–Crippen LogP) is 4.22. The van der Waals surface area contributed by atoms with E-state index in [9.17, 15) is 4.79 Å². The van der Waals surface area contributed by atoms with Crippen molar-refractivity contribution in [3.05, 3.63) is 33.4 Å². The highest BCUT2D eigenvalue weighted by Crippen LogP contribution is 2.22. The maximum absolute atomic E-state index is 12.1. The number of carbonyl (C=O) groups is 1. The van der Waals surface area contributed by atoms with Gasteiger partial charge in [0.2, 0.25) is 0 Å². The van der Waals surface area contributed by atoms with Gasteiger partial charge in [-0.2, -0.15) is 0 Å². The second kappa shape index (κ2) is 7.48. The molecule has 0 atom stereocenters. The fourth-order valence-corrected chi connectivity index (χ4v) is 2.61. The molecular weight excluding hydrogens is 405 g/mol. The van der Waals surface area contributed by atoms with E-state index in [1.165, 1.54) is 0 Å². The van der Waals surface area contributed by atoms with Crippen molar-refractivity contribution >= 4 is 44.4 Å². The average molecular weight is 424 g/mol. The molecule has 0 bridgehead atoms. The van der Waals surface area contributed by atoms with Crippen LogP contribution in [0.5, 0.6) is 0 Å². The Kier molecular flexibility index (Phi) is 6.63. The second-order valence-corrected chi connectivity index (χ2v) is 7.07. The highest BCUT2D eigenvalue weighted by atomic mass is 127. The highest BCUT2D eigenvalue weighted by molar-refractivity contribution is 14.1. The molecule has 0 heterocycles. The van der Waals surface area contributed by atoms with Crippen LogP contribution in [0.1, 0.15) is 37.0 Å². The molecule has 1 aromatic rings. The maximum atomic E-state index is 12.1. The van der Waals surface area contributed by atoms with E-state index in [2.05, 4.69) is 57.7 Å². The molecule has 0 aromatic heterocycles. The van der Waals surface area contributed by atoms with Crippen molar-refractivity contribution in [3.63, 3.8) is 0 Å². The first-order valence-electron chi connectivity index (χ1n) is 6.05. The number of hydrogen-bond donors (Lipinski definition) is 1. The molecular formula is C14H19BrINO. The topological polar surface area (TPSA) is 29.1 Å². The third-order valence-corrected chi connectivity index (χ3v) is 4.33. The van der Waals surface area contributed by atoms with E-state index in [0.717, 1.165) is 27.3 Å². The summed E-state index contributed by atoms with van der Waals surface area (Å²) in [6.45, 7) is 5.08. The normalized spacial score (nSPS) is 11.3. The van der Waals surface area contributed by atoms with Crippen molar-refractivity contribution in [3.8, 4) is 0 Å². The largest absolute Gasteiger partial charge is 0.351 e. The molecule has 0 radical (unpaired) electrons. The Labute approximate surface area is 131 Å². The molecule has 18 heavy (non-hydrogen) atoms. The molecule has 1 amide bonds. The monoisotopic (exact) mass is 423 g/mol. The molecule has 0 aliphatic rings. The Morgan fingerprint density at radius 3 is 2.67 bits per heavy atom. The molecule has 0 unspecified atom stereocenters. The summed E-state index contributed by atoms with van der Waals surface area (Å²) >= 11 is 5.63. The first-order valence-corrected chi connectivity index (χ1v) is 8.25. The summed E-state index contributed by atoms with van der Waals surface area (Å²) in [7, 11) is 0. The van der Waals surface area contributed by atoms with Gasteiger partial charge in [-0.3, -0.25) is 4.79 Å². The summed E-state index contributed by atoms with van der Waals surface area (Å²) in [6, 6.07) is 7.65. The number of hydrogen-bond acceptors (Lipinski definition) is 1. The van der Waals surface area contributed by atoms with Gasteiger partial charge in [-0.05, 0) is 53.0 Å². The summed E-state index contributed by atoms with van der Waals surface area (Å²) in [5, 5.41) is 4.04. The minimum absolute atomic E-state index is 0.0203. The fraction of sp³-hybridized carbons (Fsp3) is 0.500. The number of carbonyl (C=O) groups excluding carboxylic acids is 1. The van der Waals surface area contributed by atoms with E-state index in [4.69, 9.17) is 0 Å². The third-order valence-electron chi connectivity index (χ3n) is 2.83. The van der Waals surface area contributed by atoms with Gasteiger partial charge in [-0.1, -0.05) is 41.9 Å². The van der Waals surface area contributed by atoms with E-state index in [0.29, 0.717) is 6.54 Å². The van der Waals surface area contributed by atoms with Crippen LogP contribution in [0.3, 0.4) is 0 Å². The van der Waals surface area contributed by atoms with Crippen molar-refractivity contribution in [2.75, 3.05) is 11.9 Å². The Morgan fingerprint density at radius 1 is 1.39 bits per heavy atom. The first kappa shape index (κ1) is 16.0. The lowest BCUT2D eigenvalue weighted by Crippen LogP contribution is -2.34. The Hall–Kier alpha value is -0.100. The minimum atomic E-state index is 0.0203. The van der Waals surface area contributed by atoms with Gasteiger partial charge in [0.1, 0.15) is 0 Å². The zero-order valence-corrected chi connectivity index (χ0v) is 14.5. The van der Waals surface area contributed by atoms with Crippen molar-refractivity contribution in [1.82, 2.24) is 5.32 Å². The molecule has 2 nitrogen and oxygen atoms in total. The van der Waals surface area contributed by atoms with Gasteiger partial charge in [0.05, 0.1) is 5.56 Å². The van der Waals surface area contributed by atoms with Crippen LogP contribution in [0.15, 0.2) is 24.3 Å². The van der Waals surface area contributed by atoms with Gasteiger partial charge < -0.3 is 5.32 Å². The summed E-state index contributed by atoms with van der Waals surface area (Å²) in [4.78, 5) is 12.1. The van der Waals surface area contributed by atoms with Crippen LogP contribution in [-0.4, -0.2) is 17.8 Å². The number of alkyl halides is 1. The maximum Gasteiger partial charge on any atom is 0.252 e. The van der Waals surface area contributed by atoms with Gasteiger partial charge in [-0.15, -0.1) is 0 Å². The standard InChI is InChI=1S/C14H19BrINO/c1-14(2,8-5-9-15)10-17-13(18)11-6-3-4-7-12(11)16/h3-4,6-7H,5,8-10H2,1-2H3,(H,17,18). The van der Waals surface area contributed by atoms with Crippen LogP contribution >= 0.6 is 38.5 Å². The lowest BCUT2D eigenvalue weighted by atomic mass is 9.88. The van der Waals surface area contributed by atoms with Crippen molar-refractivity contribution in [2.45, 2.75) is 26.7 Å². The summed E-state index contributed by atoms with van der Waals surface area (Å²) in [5.41, 5.74) is 0.901. The predicted molar refractivity (Wildman–Crippen MR) is 88.3 cm³/mol. The van der Waals surface area contributed by atoms with E-state index in [1.807, 2.05) is 24.3 Å². The smallest absolute Gasteiger partial charge is 0.252 e. The number of amides is 1. The average Bonchev–Trinajstić information content (AvgIpc) is 2.34. The minimum Gasteiger partial charge on any atom is -0.351 e. The molecule has 0 fully saturated rings. The van der Waals surface area contributed by atoms with Crippen LogP contribution in [0, 0.1) is 8.99 Å². The van der Waals surface area contributed by atoms with Crippen molar-refractivity contribution in [1.29, 1.82) is 0 Å². The Morgan fingerprint density at radius 2 is 2.06 bits per heavy atom. The summed E-state index contributed by atoms with van der Waals surface area (Å²) in [5.74, 6) is 0.0203. The van der Waals surface area contributed by atoms with E-state index < -0.39 is 0 Å². The molecule has 1 N–H and O–H groups in total. The van der Waals surface area contributed by atoms with Gasteiger partial charge >= 0.3 is 0 Å². The van der Waals surface area contributed by atoms with Crippen LogP contribution in [0.4, 0.5) is 0 Å². The molecule has 1 aromatic carbocycles. The Balaban J connectivity index is 2.54. The van der Waals surface area contributed by atoms with Crippen LogP contribution < -0.4 is 5.32 Å². The number of halogens is 2. The number of benzene rings is 1. The second-order valence-electron chi connectivity index (χ2n) is 5.12. The molecule has 100 valence electrons. The lowest BCUT2D eigenvalue weighted by Gasteiger charge is -2.24. The number of rotatable bonds is 6. The van der Waals surface area contributed by atoms with E-state index in [-0.39, 0.29) is 11.3 Å². The van der Waals surface area contributed by atoms with Crippen molar-refractivity contribution < 1.29 is 4.79 Å². The molecule has 0 aliphatic carbocycles. The molecule has 0 saturated carbocycles. The van der Waals surface area contributed by atoms with Crippen molar-refractivity contribution in [2.24, 2.45) is 5.41 Å². The van der Waals surface area contributed by atoms with Crippen LogP contribution in [0.25, 0.3) is 0 Å². The third kappa shape index (κ3) is 5.26. The molecule has 4 heteroatoms. The van der Waals surface area contributed by atoms with E-state index in [1.54, 1.807) is 0 Å². The van der Waals surface area contributed by atoms with Crippen LogP contribution in [-0.2, 0) is 0 Å². The SMILES string of the molecule is CC(C)(CCCBr)CNC(=O)c1ccccc1I. The molecule has 0 spiro atoms. The zero-order chi connectivity index (χ0) is 13.6. The highest BCUT2D eigenvalue weighted by Gasteiger charge is 2.19. The van der Waals surface area contributed by atoms with Gasteiger partial charge in [-0.25, -0.2) is 0 Å². The van der Waals surface area contributed by atoms with Gasteiger partial charge in [0, 0.05) is 15.4 Å². The lowest BCUT2D eigenvalue weighted by molar-refractivity contribution is 0.0933. The fourth-order valence-electron chi connectivity index (χ4n) is 1.69. The Bertz CT molecular complexity index is 407. The van der Waals surface area contributed by atoms with Gasteiger partial charge in [0.15, 0.2) is 0 Å². The quantitative estimate of drug-likeness (QED) is 0.538. The summed E-state index contributed by atoms with van der Waals surface area (Å²) in [6.07, 6.45) is 2.23. The van der Waals surface area contributed by atoms with Crippen LogP contribution in [0.2, 0.25) is 0 Å². The number of nitrogens with one attached hydrogen (secondary N) is 1. The zero-order valence-electron chi connectivity index (χ0n) is 10.8. The van der Waals surface area contributed by atoms with E-state index >= 15 is 0 Å². The summed E-state index contributed by atoms with van der Waals surface area (Å²) < 4.78 is 0.992. The molecule has 0 saturated heterocycles. The first-order chi connectivity index (χ1) is 8.46. The molecule has 0 aliphatic heterocycles. The molecule has 1 rings (SSSR count). The van der Waals surface area contributed by atoms with Gasteiger partial charge in [0.25, 0.3) is 5.91 Å².